The van der Waals surface area contributed by atoms with Crippen LogP contribution in [0.15, 0.2) is 122 Å². The van der Waals surface area contributed by atoms with Crippen LogP contribution >= 0.6 is 34.9 Å². The Balaban J connectivity index is 0.000000230. The number of hydrogen-bond donors (Lipinski definition) is 1. The number of nitrogens with zero attached hydrogens (tertiary/aromatic N) is 7. The van der Waals surface area contributed by atoms with Crippen molar-refractivity contribution < 1.29 is 61.2 Å². The van der Waals surface area contributed by atoms with Gasteiger partial charge in [0.25, 0.3) is 19.4 Å². The number of isothiocyanates is 1. The van der Waals surface area contributed by atoms with Gasteiger partial charge in [0, 0.05) is 58.8 Å². The zero-order valence-electron chi connectivity index (χ0n) is 40.2. The maximum absolute atomic E-state index is 13.0. The minimum Gasteiger partial charge on any atom is -0.753 e. The number of aryl methyl sites for hydroxylation is 2. The number of aromatic amines is 1. The number of thiocarbonyl (C=S) groups is 1. The van der Waals surface area contributed by atoms with E-state index in [-0.39, 0.29) is 30.9 Å². The summed E-state index contributed by atoms with van der Waals surface area (Å²) in [6.07, 6.45) is 9.72. The number of nitrogens with one attached hydrogen (secondary N) is 1. The number of carbonyl (C=O) groups is 3. The maximum atomic E-state index is 13.0. The smallest absolute Gasteiger partial charge is 0.753 e. The Bertz CT molecular complexity index is 3190. The van der Waals surface area contributed by atoms with Crippen LogP contribution < -0.4 is 19.1 Å². The van der Waals surface area contributed by atoms with Gasteiger partial charge in [0.1, 0.15) is 28.5 Å². The van der Waals surface area contributed by atoms with E-state index in [0.29, 0.717) is 58.0 Å². The molecule has 1 radical (unpaired) electrons. The van der Waals surface area contributed by atoms with Crippen molar-refractivity contribution in [3.63, 3.8) is 0 Å². The Kier molecular flexibility index (Phi) is 21.1. The van der Waals surface area contributed by atoms with E-state index in [2.05, 4.69) is 105 Å². The van der Waals surface area contributed by atoms with E-state index >= 15 is 0 Å². The first-order valence-corrected chi connectivity index (χ1v) is 25.2. The molecule has 1 N–H and O–H groups in total. The van der Waals surface area contributed by atoms with Gasteiger partial charge in [0.2, 0.25) is 0 Å². The second-order valence-electron chi connectivity index (χ2n) is 16.2. The third-order valence-electron chi connectivity index (χ3n) is 11.3. The Labute approximate surface area is 455 Å². The van der Waals surface area contributed by atoms with Crippen LogP contribution in [0, 0.1) is 0 Å². The van der Waals surface area contributed by atoms with Crippen LogP contribution in [0.25, 0.3) is 59.7 Å². The Morgan fingerprint density at radius 3 is 1.53 bits per heavy atom. The van der Waals surface area contributed by atoms with Gasteiger partial charge in [0.15, 0.2) is 10.1 Å². The largest absolute Gasteiger partial charge is 1.00 e. The van der Waals surface area contributed by atoms with Crippen LogP contribution in [-0.2, 0) is 52.9 Å². The molecule has 14 nitrogen and oxygen atoms in total. The van der Waals surface area contributed by atoms with Gasteiger partial charge in [-0.1, -0.05) is 98.7 Å². The molecule has 0 atom stereocenters. The number of ether oxygens (including phenoxy) is 3. The summed E-state index contributed by atoms with van der Waals surface area (Å²) in [7, 11) is 0. The number of pyridine rings is 4. The quantitative estimate of drug-likeness (QED) is 0.0250. The van der Waals surface area contributed by atoms with Crippen molar-refractivity contribution in [1.82, 2.24) is 30.1 Å². The number of carbonyl (C=O) groups excluding carboxylic acids is 3. The second-order valence-corrected chi connectivity index (χ2v) is 18.5. The Morgan fingerprint density at radius 1 is 0.640 bits per heavy atom. The molecule has 0 aliphatic heterocycles. The maximum Gasteiger partial charge on any atom is 1.00 e. The molecule has 385 valence electrons. The summed E-state index contributed by atoms with van der Waals surface area (Å²) in [5.74, 6) is 0.254. The normalized spacial score (nSPS) is 10.7. The van der Waals surface area contributed by atoms with Crippen LogP contribution in [0.1, 0.15) is 69.2 Å². The molecule has 0 aliphatic rings. The van der Waals surface area contributed by atoms with Gasteiger partial charge in [0.05, 0.1) is 38.4 Å². The third kappa shape index (κ3) is 14.9. The van der Waals surface area contributed by atoms with Gasteiger partial charge >= 0.3 is 25.7 Å². The van der Waals surface area contributed by atoms with Crippen LogP contribution in [0.3, 0.4) is 0 Å². The molecule has 0 saturated carbocycles. The Morgan fingerprint density at radius 2 is 1.12 bits per heavy atom. The summed E-state index contributed by atoms with van der Waals surface area (Å²) in [6.45, 7) is 5.46. The number of fused-ring (bicyclic) bond motifs is 2. The fraction of sp³-hybridized carbons (Fsp3) is 0.204. The van der Waals surface area contributed by atoms with Gasteiger partial charge < -0.3 is 24.5 Å². The van der Waals surface area contributed by atoms with Crippen molar-refractivity contribution in [2.24, 2.45) is 0 Å². The van der Waals surface area contributed by atoms with Gasteiger partial charge in [-0.15, -0.1) is 0 Å². The van der Waals surface area contributed by atoms with Gasteiger partial charge in [-0.3, -0.25) is 34.4 Å². The van der Waals surface area contributed by atoms with Crippen LogP contribution in [0.4, 0.5) is 30.2 Å². The van der Waals surface area contributed by atoms with E-state index in [9.17, 15) is 27.6 Å². The summed E-state index contributed by atoms with van der Waals surface area (Å²) >= 11 is 6.19. The van der Waals surface area contributed by atoms with Crippen molar-refractivity contribution in [2.75, 3.05) is 4.90 Å². The molecule has 7 aromatic heterocycles. The zero-order valence-corrected chi connectivity index (χ0v) is 44.4. The van der Waals surface area contributed by atoms with E-state index < -0.39 is 11.9 Å². The van der Waals surface area contributed by atoms with E-state index in [1.54, 1.807) is 61.1 Å². The zero-order chi connectivity index (χ0) is 52.5. The molecule has 9 rings (SSSR count). The van der Waals surface area contributed by atoms with Crippen molar-refractivity contribution >= 4 is 96.7 Å². The molecule has 75 heavy (non-hydrogen) atoms. The minimum atomic E-state index is -4.48. The average molecular weight is 1160 g/mol. The number of alkyl halides is 3. The van der Waals surface area contributed by atoms with Gasteiger partial charge in [-0.25, -0.2) is 4.98 Å². The molecule has 0 fully saturated rings. The first kappa shape index (κ1) is 56.9. The summed E-state index contributed by atoms with van der Waals surface area (Å²) in [5, 5.41) is 16.8. The summed E-state index contributed by atoms with van der Waals surface area (Å²) < 4.78 is 55.6. The van der Waals surface area contributed by atoms with E-state index in [1.165, 1.54) is 77.5 Å². The number of rotatable bonds is 20. The minimum absolute atomic E-state index is 0. The standard InChI is InChI=1S/C31H35F3N4.C22H11N3O6S2.CNS.Ru/c1-3-5-7-9-23-11-15-25(16-12-23)38(26-17-13-24(14-18-26)10-8-6-4-2)27-19-20-28(35-22-27)29-21-30(37-36-29)31(32,33)34;26-9-29-14-7-15(19-21-12(1-3-23-19)5-17(32-21)30-10-27)25-16(8-14)20-22-13(2-4-24-20)6-18(33-22)31-11-28;2-1-3;/h11-22H,3-10H2,1-2H3,(H,36,37);1-11H;;/q;;-1;+1. The average Bonchev–Trinajstić information content (AvgIpc) is 4.18. The molecule has 0 bridgehead atoms. The number of hydrogen-bond acceptors (Lipinski definition) is 15. The van der Waals surface area contributed by atoms with Gasteiger partial charge in [-0.05, 0) is 91.4 Å². The number of thiophene rings is 2. The second kappa shape index (κ2) is 27.8. The molecule has 0 unspecified atom stereocenters. The van der Waals surface area contributed by atoms with Crippen LogP contribution in [0.5, 0.6) is 15.9 Å². The van der Waals surface area contributed by atoms with Crippen LogP contribution in [0.2, 0.25) is 0 Å². The molecule has 0 amide bonds. The predicted molar refractivity (Wildman–Crippen MR) is 285 cm³/mol. The fourth-order valence-corrected chi connectivity index (χ4v) is 9.77. The number of halogens is 3. The molecule has 2 aromatic carbocycles. The molecule has 21 heteroatoms. The van der Waals surface area contributed by atoms with E-state index in [4.69, 9.17) is 24.6 Å². The predicted octanol–water partition coefficient (Wildman–Crippen LogP) is 14.3. The molecule has 0 spiro atoms. The number of H-pyrrole nitrogens is 1. The molecule has 0 saturated heterocycles. The number of aromatic nitrogens is 6. The molecular weight excluding hydrogens is 1110 g/mol. The third-order valence-corrected chi connectivity index (χ3v) is 13.4. The first-order valence-electron chi connectivity index (χ1n) is 23.2. The van der Waals surface area contributed by atoms with Crippen molar-refractivity contribution in [1.29, 1.82) is 0 Å². The summed E-state index contributed by atoms with van der Waals surface area (Å²) in [5.41, 5.74) is 6.99. The molecular formula is C54H46F3N8O6RuS3. The molecule has 7 heterocycles. The van der Waals surface area contributed by atoms with Gasteiger partial charge in [-0.2, -0.15) is 23.4 Å². The van der Waals surface area contributed by atoms with Crippen molar-refractivity contribution in [2.45, 2.75) is 71.4 Å². The summed E-state index contributed by atoms with van der Waals surface area (Å²) in [4.78, 5) is 52.8. The number of anilines is 3. The fourth-order valence-electron chi connectivity index (χ4n) is 7.83. The topological polar surface area (TPSA) is 185 Å². The number of unbranched alkanes of at least 4 members (excludes halogenated alkanes) is 4. The monoisotopic (exact) mass is 1160 g/mol. The van der Waals surface area contributed by atoms with Crippen molar-refractivity contribution in [3.05, 3.63) is 144 Å². The van der Waals surface area contributed by atoms with E-state index in [1.807, 2.05) is 6.07 Å². The Hall–Kier alpha value is -7.41. The number of benzene rings is 2. The molecule has 0 aliphatic carbocycles. The van der Waals surface area contributed by atoms with E-state index in [0.717, 1.165) is 56.1 Å². The first-order chi connectivity index (χ1) is 36.0. The molecule has 9 aromatic rings. The summed E-state index contributed by atoms with van der Waals surface area (Å²) in [6, 6.07) is 31.9. The van der Waals surface area contributed by atoms with Crippen molar-refractivity contribution in [3.8, 4) is 50.0 Å². The SMILES string of the molecule is CCCCCc1ccc(N(c2ccc(CCCCC)cc2)c2ccc(-c3cc(C(F)(F)F)[nH]n3)nc2)cc1.O=COc1cc(-c2nccc3cc(OC=O)sc23)nc(-c2nccc3cc(OC=O)sc23)c1.[N-]=C=S.[Ru+]. The van der Waals surface area contributed by atoms with Crippen LogP contribution in [-0.4, -0.2) is 54.7 Å².